The number of aryl methyl sites for hydroxylation is 1. The number of hydrogen-bond acceptors (Lipinski definition) is 7. The van der Waals surface area contributed by atoms with Crippen LogP contribution in [0.5, 0.6) is 11.5 Å². The number of aliphatic hydroxyl groups excluding tert-OH is 1. The van der Waals surface area contributed by atoms with Gasteiger partial charge in [0.15, 0.2) is 0 Å². The number of benzene rings is 3. The number of nitrogens with zero attached hydrogens (tertiary/aromatic N) is 1. The number of rotatable bonds is 9. The van der Waals surface area contributed by atoms with Crippen molar-refractivity contribution >= 4 is 0 Å². The zero-order valence-corrected chi connectivity index (χ0v) is 24.5. The molecule has 4 aromatic rings. The number of H-pyrrole nitrogens is 1. The number of fused-ring (bicyclic) bond motifs is 2. The van der Waals surface area contributed by atoms with E-state index in [0.717, 1.165) is 23.1 Å². The molecular weight excluding hydrogens is 548 g/mol. The molecule has 0 spiro atoms. The molecule has 2 aliphatic rings. The molecule has 1 aliphatic carbocycles. The van der Waals surface area contributed by atoms with E-state index in [4.69, 9.17) is 18.9 Å². The third-order valence-electron chi connectivity index (χ3n) is 8.93. The molecule has 0 unspecified atom stereocenters. The lowest BCUT2D eigenvalue weighted by molar-refractivity contribution is -0.164. The van der Waals surface area contributed by atoms with Crippen LogP contribution in [-0.2, 0) is 15.1 Å². The molecule has 1 aliphatic heterocycles. The standard InChI is InChI=1S/C34H36N2O7/c1-22-20-36(32(39)35-30(22)38)31-28-10-7-19-33(43-31,29(28)37)21-42-34(23-8-5-4-6-9-23,24-11-15-26(40-2)16-12-24)25-13-17-27(41-3)18-14-25/h4-6,8-9,11-18,20,28-29,31,37H,7,10,19,21H2,1-3H3,(H,35,38,39)/t28-,29+,31-,33-/m1/s1. The molecule has 2 heterocycles. The average Bonchev–Trinajstić information content (AvgIpc) is 3.17. The Hall–Kier alpha value is -4.18. The van der Waals surface area contributed by atoms with E-state index in [1.807, 2.05) is 78.9 Å². The molecule has 1 saturated heterocycles. The van der Waals surface area contributed by atoms with Crippen molar-refractivity contribution in [1.29, 1.82) is 0 Å². The second-order valence-corrected chi connectivity index (χ2v) is 11.3. The van der Waals surface area contributed by atoms with Gasteiger partial charge in [0.25, 0.3) is 5.56 Å². The Morgan fingerprint density at radius 1 is 0.930 bits per heavy atom. The highest BCUT2D eigenvalue weighted by Crippen LogP contribution is 2.52. The highest BCUT2D eigenvalue weighted by atomic mass is 16.6. The molecule has 0 amide bonds. The topological polar surface area (TPSA) is 112 Å². The summed E-state index contributed by atoms with van der Waals surface area (Å²) in [5, 5.41) is 11.7. The van der Waals surface area contributed by atoms with Crippen molar-refractivity contribution in [3.8, 4) is 11.5 Å². The van der Waals surface area contributed by atoms with Crippen LogP contribution in [0.25, 0.3) is 0 Å². The molecule has 2 fully saturated rings. The Balaban J connectivity index is 1.45. The molecule has 1 saturated carbocycles. The largest absolute Gasteiger partial charge is 0.497 e. The molecule has 6 rings (SSSR count). The van der Waals surface area contributed by atoms with Gasteiger partial charge in [-0.05, 0) is 67.1 Å². The first-order chi connectivity index (χ1) is 20.8. The number of ether oxygens (including phenoxy) is 4. The summed E-state index contributed by atoms with van der Waals surface area (Å²) in [5.74, 6) is 1.09. The third kappa shape index (κ3) is 4.97. The van der Waals surface area contributed by atoms with Crippen molar-refractivity contribution in [2.75, 3.05) is 20.8 Å². The summed E-state index contributed by atoms with van der Waals surface area (Å²) in [4.78, 5) is 27.3. The highest BCUT2D eigenvalue weighted by molar-refractivity contribution is 5.49. The van der Waals surface area contributed by atoms with E-state index >= 15 is 0 Å². The predicted octanol–water partition coefficient (Wildman–Crippen LogP) is 4.30. The van der Waals surface area contributed by atoms with Crippen molar-refractivity contribution in [3.63, 3.8) is 0 Å². The maximum absolute atomic E-state index is 12.8. The van der Waals surface area contributed by atoms with Crippen LogP contribution in [0.2, 0.25) is 0 Å². The first-order valence-electron chi connectivity index (χ1n) is 14.5. The summed E-state index contributed by atoms with van der Waals surface area (Å²) < 4.78 is 26.1. The summed E-state index contributed by atoms with van der Waals surface area (Å²) in [6.45, 7) is 1.69. The van der Waals surface area contributed by atoms with E-state index in [1.54, 1.807) is 21.1 Å². The molecule has 9 nitrogen and oxygen atoms in total. The molecular formula is C34H36N2O7. The first kappa shape index (κ1) is 28.9. The van der Waals surface area contributed by atoms with Crippen molar-refractivity contribution in [1.82, 2.24) is 9.55 Å². The molecule has 4 atom stereocenters. The lowest BCUT2D eigenvalue weighted by Gasteiger charge is -2.41. The summed E-state index contributed by atoms with van der Waals surface area (Å²) in [7, 11) is 3.25. The predicted molar refractivity (Wildman–Crippen MR) is 161 cm³/mol. The van der Waals surface area contributed by atoms with Crippen LogP contribution >= 0.6 is 0 Å². The fourth-order valence-corrected chi connectivity index (χ4v) is 6.62. The van der Waals surface area contributed by atoms with Gasteiger partial charge in [-0.2, -0.15) is 0 Å². The van der Waals surface area contributed by atoms with Gasteiger partial charge in [0, 0.05) is 17.7 Å². The number of methoxy groups -OCH3 is 2. The van der Waals surface area contributed by atoms with Crippen LogP contribution in [0.3, 0.4) is 0 Å². The van der Waals surface area contributed by atoms with E-state index in [-0.39, 0.29) is 12.5 Å². The average molecular weight is 585 g/mol. The van der Waals surface area contributed by atoms with E-state index in [9.17, 15) is 14.7 Å². The molecule has 3 aromatic carbocycles. The number of nitrogens with one attached hydrogen (secondary N) is 1. The fourth-order valence-electron chi connectivity index (χ4n) is 6.62. The smallest absolute Gasteiger partial charge is 0.330 e. The van der Waals surface area contributed by atoms with Crippen LogP contribution in [-0.4, -0.2) is 47.2 Å². The van der Waals surface area contributed by atoms with Gasteiger partial charge in [-0.15, -0.1) is 0 Å². The number of hydrogen-bond donors (Lipinski definition) is 2. The van der Waals surface area contributed by atoms with Gasteiger partial charge in [0.2, 0.25) is 0 Å². The van der Waals surface area contributed by atoms with Gasteiger partial charge in [0.1, 0.15) is 28.9 Å². The normalized spacial score (nSPS) is 23.2. The van der Waals surface area contributed by atoms with Crippen LogP contribution in [0.1, 0.15) is 47.7 Å². The van der Waals surface area contributed by atoms with Gasteiger partial charge in [-0.3, -0.25) is 14.3 Å². The zero-order chi connectivity index (χ0) is 30.2. The maximum atomic E-state index is 12.8. The van der Waals surface area contributed by atoms with E-state index in [2.05, 4.69) is 4.98 Å². The molecule has 43 heavy (non-hydrogen) atoms. The molecule has 0 radical (unpaired) electrons. The van der Waals surface area contributed by atoms with Crippen LogP contribution < -0.4 is 20.7 Å². The Morgan fingerprint density at radius 3 is 2.09 bits per heavy atom. The van der Waals surface area contributed by atoms with Gasteiger partial charge in [-0.1, -0.05) is 54.6 Å². The fraction of sp³-hybridized carbons (Fsp3) is 0.353. The number of aromatic amines is 1. The lowest BCUT2D eigenvalue weighted by atomic mass is 9.77. The van der Waals surface area contributed by atoms with E-state index < -0.39 is 34.8 Å². The summed E-state index contributed by atoms with van der Waals surface area (Å²) in [5.41, 5.74) is -0.143. The second kappa shape index (κ2) is 11.5. The SMILES string of the molecule is COc1ccc(C(OC[C@@]23CCC[C@@H]([C@H](n4cc(C)c(=O)[nH]c4=O)O2)[C@@H]3O)(c2ccccc2)c2ccc(OC)cc2)cc1. The van der Waals surface area contributed by atoms with Gasteiger partial charge >= 0.3 is 5.69 Å². The van der Waals surface area contributed by atoms with E-state index in [1.165, 1.54) is 10.8 Å². The van der Waals surface area contributed by atoms with E-state index in [0.29, 0.717) is 29.9 Å². The zero-order valence-electron chi connectivity index (χ0n) is 24.5. The van der Waals surface area contributed by atoms with Crippen molar-refractivity contribution in [2.45, 2.75) is 49.7 Å². The molecule has 9 heteroatoms. The Morgan fingerprint density at radius 2 is 1.51 bits per heavy atom. The summed E-state index contributed by atoms with van der Waals surface area (Å²) in [6.07, 6.45) is 1.91. The Kier molecular flexibility index (Phi) is 7.72. The number of aliphatic hydroxyl groups is 1. The third-order valence-corrected chi connectivity index (χ3v) is 8.93. The molecule has 2 bridgehead atoms. The summed E-state index contributed by atoms with van der Waals surface area (Å²) >= 11 is 0. The minimum atomic E-state index is -1.09. The Bertz CT molecular complexity index is 1630. The molecule has 224 valence electrons. The molecule has 1 aromatic heterocycles. The van der Waals surface area contributed by atoms with Gasteiger partial charge in [0.05, 0.1) is 26.9 Å². The Labute approximate surface area is 249 Å². The van der Waals surface area contributed by atoms with Crippen molar-refractivity contribution in [3.05, 3.63) is 128 Å². The molecule has 2 N–H and O–H groups in total. The number of aromatic nitrogens is 2. The van der Waals surface area contributed by atoms with Crippen LogP contribution in [0.15, 0.2) is 94.6 Å². The van der Waals surface area contributed by atoms with Crippen molar-refractivity contribution < 1.29 is 24.1 Å². The monoisotopic (exact) mass is 584 g/mol. The second-order valence-electron chi connectivity index (χ2n) is 11.3. The first-order valence-corrected chi connectivity index (χ1v) is 14.5. The highest BCUT2D eigenvalue weighted by Gasteiger charge is 2.58. The van der Waals surface area contributed by atoms with Crippen LogP contribution in [0.4, 0.5) is 0 Å². The van der Waals surface area contributed by atoms with Gasteiger partial charge < -0.3 is 24.1 Å². The minimum absolute atomic E-state index is 0.0468. The summed E-state index contributed by atoms with van der Waals surface area (Å²) in [6, 6.07) is 25.5. The van der Waals surface area contributed by atoms with Gasteiger partial charge in [-0.25, -0.2) is 4.79 Å². The maximum Gasteiger partial charge on any atom is 0.330 e. The lowest BCUT2D eigenvalue weighted by Crippen LogP contribution is -2.50. The van der Waals surface area contributed by atoms with Crippen molar-refractivity contribution in [2.24, 2.45) is 5.92 Å². The quantitative estimate of drug-likeness (QED) is 0.282. The van der Waals surface area contributed by atoms with Crippen LogP contribution in [0, 0.1) is 12.8 Å². The minimum Gasteiger partial charge on any atom is -0.497 e.